The Labute approximate surface area is 151 Å². The fourth-order valence-electron chi connectivity index (χ4n) is 4.47. The van der Waals surface area contributed by atoms with Gasteiger partial charge in [0.1, 0.15) is 0 Å². The summed E-state index contributed by atoms with van der Waals surface area (Å²) in [5, 5.41) is 11.0. The number of hydrogen-bond donors (Lipinski definition) is 2. The molecule has 0 amide bonds. The van der Waals surface area contributed by atoms with Crippen LogP contribution in [0.15, 0.2) is 21.1 Å². The van der Waals surface area contributed by atoms with E-state index in [4.69, 9.17) is 0 Å². The number of carbonyl (C=O) groups is 1. The van der Waals surface area contributed by atoms with Crippen LogP contribution < -0.4 is 0 Å². The molecule has 3 heterocycles. The molecule has 4 nitrogen and oxygen atoms in total. The molecule has 1 fully saturated rings. The second-order valence-electron chi connectivity index (χ2n) is 6.68. The van der Waals surface area contributed by atoms with Crippen LogP contribution in [0.4, 0.5) is 0 Å². The van der Waals surface area contributed by atoms with Crippen LogP contribution in [-0.4, -0.2) is 34.0 Å². The normalized spacial score (nSPS) is 27.7. The van der Waals surface area contributed by atoms with E-state index in [1.54, 1.807) is 0 Å². The summed E-state index contributed by atoms with van der Waals surface area (Å²) >= 11 is 7.27. The number of piperidine rings is 1. The first-order chi connectivity index (χ1) is 10.9. The number of H-pyrrole nitrogens is 1. The number of hydrogen-bond acceptors (Lipinski definition) is 2. The van der Waals surface area contributed by atoms with Gasteiger partial charge in [-0.2, -0.15) is 0 Å². The van der Waals surface area contributed by atoms with Crippen molar-refractivity contribution in [1.82, 2.24) is 9.88 Å². The first kappa shape index (κ1) is 15.7. The number of benzene rings is 1. The van der Waals surface area contributed by atoms with Crippen molar-refractivity contribution in [3.8, 4) is 0 Å². The standard InChI is InChI=1S/C17H18Br2N2O2/c1-17-10(16(22)23)3-2-7-21(17)8-6-9-13-12(20-15(9)17)5-4-11(18)14(13)19/h4-5,10,20H,2-3,6-8H2,1H3,(H,22,23). The lowest BCUT2D eigenvalue weighted by atomic mass is 9.72. The molecule has 1 aromatic carbocycles. The number of fused-ring (bicyclic) bond motifs is 5. The van der Waals surface area contributed by atoms with Crippen LogP contribution in [0.5, 0.6) is 0 Å². The Bertz CT molecular complexity index is 817. The van der Waals surface area contributed by atoms with Gasteiger partial charge in [-0.1, -0.05) is 0 Å². The summed E-state index contributed by atoms with van der Waals surface area (Å²) in [6.45, 7) is 3.99. The Morgan fingerprint density at radius 2 is 2.17 bits per heavy atom. The SMILES string of the molecule is CC12c3[nH]c4ccc(Br)c(Br)c4c3CCN1CCCC2C(=O)O. The lowest BCUT2D eigenvalue weighted by Gasteiger charge is -2.51. The zero-order valence-electron chi connectivity index (χ0n) is 12.8. The average Bonchev–Trinajstić information content (AvgIpc) is 2.90. The number of aromatic nitrogens is 1. The molecule has 2 atom stereocenters. The summed E-state index contributed by atoms with van der Waals surface area (Å²) in [6, 6.07) is 4.08. The number of nitrogens with one attached hydrogen (secondary N) is 1. The fraction of sp³-hybridized carbons (Fsp3) is 0.471. The molecule has 23 heavy (non-hydrogen) atoms. The van der Waals surface area contributed by atoms with Gasteiger partial charge in [0.15, 0.2) is 0 Å². The summed E-state index contributed by atoms with van der Waals surface area (Å²) in [6.07, 6.45) is 2.64. The highest BCUT2D eigenvalue weighted by molar-refractivity contribution is 9.13. The van der Waals surface area contributed by atoms with Crippen LogP contribution in [0, 0.1) is 5.92 Å². The molecule has 2 aliphatic rings. The van der Waals surface area contributed by atoms with Gasteiger partial charge >= 0.3 is 5.97 Å². The fourth-order valence-corrected chi connectivity index (χ4v) is 5.39. The molecule has 122 valence electrons. The molecule has 1 saturated heterocycles. The van der Waals surface area contributed by atoms with Gasteiger partial charge in [0.2, 0.25) is 0 Å². The van der Waals surface area contributed by atoms with Crippen molar-refractivity contribution in [3.63, 3.8) is 0 Å². The molecular weight excluding hydrogens is 424 g/mol. The van der Waals surface area contributed by atoms with E-state index >= 15 is 0 Å². The number of carboxylic acids is 1. The van der Waals surface area contributed by atoms with E-state index in [0.717, 1.165) is 52.5 Å². The first-order valence-corrected chi connectivity index (χ1v) is 9.50. The highest BCUT2D eigenvalue weighted by Crippen LogP contribution is 2.48. The van der Waals surface area contributed by atoms with Crippen LogP contribution in [0.1, 0.15) is 31.0 Å². The van der Waals surface area contributed by atoms with Gasteiger partial charge in [0, 0.05) is 32.1 Å². The zero-order chi connectivity index (χ0) is 16.4. The van der Waals surface area contributed by atoms with Gasteiger partial charge in [-0.25, -0.2) is 0 Å². The number of carboxylic acid groups (broad SMARTS) is 1. The van der Waals surface area contributed by atoms with Gasteiger partial charge in [-0.3, -0.25) is 9.69 Å². The van der Waals surface area contributed by atoms with Crippen LogP contribution in [-0.2, 0) is 16.8 Å². The molecule has 0 spiro atoms. The topological polar surface area (TPSA) is 56.3 Å². The molecule has 6 heteroatoms. The average molecular weight is 442 g/mol. The molecule has 0 aliphatic carbocycles. The Kier molecular flexibility index (Phi) is 3.63. The zero-order valence-corrected chi connectivity index (χ0v) is 16.0. The van der Waals surface area contributed by atoms with Crippen molar-refractivity contribution in [1.29, 1.82) is 0 Å². The van der Waals surface area contributed by atoms with Crippen molar-refractivity contribution in [3.05, 3.63) is 32.3 Å². The van der Waals surface area contributed by atoms with Crippen molar-refractivity contribution in [2.45, 2.75) is 31.7 Å². The van der Waals surface area contributed by atoms with Gasteiger partial charge in [-0.05, 0) is 82.3 Å². The van der Waals surface area contributed by atoms with E-state index in [2.05, 4.69) is 54.7 Å². The largest absolute Gasteiger partial charge is 0.481 e. The minimum atomic E-state index is -0.691. The number of aliphatic carboxylic acids is 1. The number of halogens is 2. The quantitative estimate of drug-likeness (QED) is 0.695. The molecule has 0 saturated carbocycles. The van der Waals surface area contributed by atoms with E-state index in [1.165, 1.54) is 10.9 Å². The third-order valence-electron chi connectivity index (χ3n) is 5.65. The predicted octanol–water partition coefficient (Wildman–Crippen LogP) is 4.26. The van der Waals surface area contributed by atoms with E-state index in [9.17, 15) is 9.90 Å². The number of nitrogens with zero attached hydrogens (tertiary/aromatic N) is 1. The smallest absolute Gasteiger partial charge is 0.308 e. The second-order valence-corrected chi connectivity index (χ2v) is 8.33. The van der Waals surface area contributed by atoms with E-state index in [1.807, 2.05) is 6.07 Å². The second kappa shape index (κ2) is 5.33. The van der Waals surface area contributed by atoms with Gasteiger partial charge < -0.3 is 10.1 Å². The van der Waals surface area contributed by atoms with Gasteiger partial charge in [-0.15, -0.1) is 0 Å². The molecule has 0 radical (unpaired) electrons. The Morgan fingerprint density at radius 1 is 1.39 bits per heavy atom. The molecule has 2 aromatic rings. The molecule has 2 aliphatic heterocycles. The maximum Gasteiger partial charge on any atom is 0.308 e. The highest BCUT2D eigenvalue weighted by Gasteiger charge is 2.51. The minimum Gasteiger partial charge on any atom is -0.481 e. The first-order valence-electron chi connectivity index (χ1n) is 7.91. The van der Waals surface area contributed by atoms with Crippen LogP contribution >= 0.6 is 31.9 Å². The summed E-state index contributed by atoms with van der Waals surface area (Å²) in [4.78, 5) is 17.8. The van der Waals surface area contributed by atoms with Crippen LogP contribution in [0.25, 0.3) is 10.9 Å². The van der Waals surface area contributed by atoms with Crippen LogP contribution in [0.2, 0.25) is 0 Å². The molecule has 1 aromatic heterocycles. The molecule has 2 N–H and O–H groups in total. The van der Waals surface area contributed by atoms with E-state index in [-0.39, 0.29) is 5.92 Å². The van der Waals surface area contributed by atoms with Crippen molar-refractivity contribution in [2.75, 3.05) is 13.1 Å². The third-order valence-corrected chi connectivity index (χ3v) is 7.67. The Balaban J connectivity index is 2.00. The molecular formula is C17H18Br2N2O2. The van der Waals surface area contributed by atoms with E-state index < -0.39 is 11.5 Å². The molecule has 0 bridgehead atoms. The van der Waals surface area contributed by atoms with Gasteiger partial charge in [0.25, 0.3) is 0 Å². The highest BCUT2D eigenvalue weighted by atomic mass is 79.9. The maximum absolute atomic E-state index is 11.9. The summed E-state index contributed by atoms with van der Waals surface area (Å²) in [5.41, 5.74) is 2.97. The Morgan fingerprint density at radius 3 is 2.91 bits per heavy atom. The monoisotopic (exact) mass is 440 g/mol. The summed E-state index contributed by atoms with van der Waals surface area (Å²) < 4.78 is 2.07. The molecule has 2 unspecified atom stereocenters. The van der Waals surface area contributed by atoms with Crippen molar-refractivity contribution >= 4 is 48.7 Å². The van der Waals surface area contributed by atoms with Crippen molar-refractivity contribution < 1.29 is 9.90 Å². The molecule has 4 rings (SSSR count). The summed E-state index contributed by atoms with van der Waals surface area (Å²) in [7, 11) is 0. The van der Waals surface area contributed by atoms with Crippen molar-refractivity contribution in [2.24, 2.45) is 5.92 Å². The lowest BCUT2D eigenvalue weighted by molar-refractivity contribution is -0.152. The maximum atomic E-state index is 11.9. The summed E-state index contributed by atoms with van der Waals surface area (Å²) in [5.74, 6) is -1.06. The number of aromatic amines is 1. The predicted molar refractivity (Wildman–Crippen MR) is 96.7 cm³/mol. The van der Waals surface area contributed by atoms with E-state index in [0.29, 0.717) is 0 Å². The van der Waals surface area contributed by atoms with Gasteiger partial charge in [0.05, 0.1) is 11.5 Å². The lowest BCUT2D eigenvalue weighted by Crippen LogP contribution is -2.58. The Hall–Kier alpha value is -0.850. The van der Waals surface area contributed by atoms with Crippen LogP contribution in [0.3, 0.4) is 0 Å². The third kappa shape index (κ3) is 2.07. The minimum absolute atomic E-state index is 0.370. The number of rotatable bonds is 1.